The fraction of sp³-hybridized carbons (Fsp3) is 0.889. The minimum atomic E-state index is -0.793. The summed E-state index contributed by atoms with van der Waals surface area (Å²) in [4.78, 5) is 25.2. The van der Waals surface area contributed by atoms with E-state index in [1.807, 2.05) is 0 Å². The van der Waals surface area contributed by atoms with Crippen molar-refractivity contribution in [2.75, 3.05) is 7.11 Å². The van der Waals surface area contributed by atoms with E-state index < -0.39 is 5.54 Å². The van der Waals surface area contributed by atoms with Crippen molar-refractivity contribution in [3.63, 3.8) is 0 Å². The Labute approximate surface area is 138 Å². The lowest BCUT2D eigenvalue weighted by Gasteiger charge is -2.44. The van der Waals surface area contributed by atoms with Crippen molar-refractivity contribution in [2.24, 2.45) is 23.5 Å². The molecule has 0 radical (unpaired) electrons. The van der Waals surface area contributed by atoms with Crippen LogP contribution in [0.3, 0.4) is 0 Å². The van der Waals surface area contributed by atoms with Gasteiger partial charge >= 0.3 is 5.97 Å². The van der Waals surface area contributed by atoms with Gasteiger partial charge in [-0.05, 0) is 50.4 Å². The van der Waals surface area contributed by atoms with Gasteiger partial charge in [0.05, 0.1) is 7.11 Å². The Bertz CT molecular complexity index is 445. The molecule has 2 unspecified atom stereocenters. The van der Waals surface area contributed by atoms with E-state index in [0.29, 0.717) is 24.7 Å². The van der Waals surface area contributed by atoms with Crippen molar-refractivity contribution < 1.29 is 14.3 Å². The van der Waals surface area contributed by atoms with Gasteiger partial charge < -0.3 is 15.8 Å². The predicted octanol–water partition coefficient (Wildman–Crippen LogP) is 2.13. The van der Waals surface area contributed by atoms with Gasteiger partial charge in [0.15, 0.2) is 0 Å². The number of amides is 1. The monoisotopic (exact) mass is 322 g/mol. The Balaban J connectivity index is 1.68. The fourth-order valence-electron chi connectivity index (χ4n) is 5.07. The Morgan fingerprint density at radius 2 is 1.65 bits per heavy atom. The van der Waals surface area contributed by atoms with E-state index in [1.54, 1.807) is 0 Å². The highest BCUT2D eigenvalue weighted by atomic mass is 16.5. The highest BCUT2D eigenvalue weighted by Crippen LogP contribution is 2.42. The number of rotatable bonds is 3. The molecule has 1 amide bonds. The van der Waals surface area contributed by atoms with Crippen LogP contribution in [0.1, 0.15) is 64.2 Å². The molecule has 3 aliphatic rings. The zero-order valence-corrected chi connectivity index (χ0v) is 14.2. The largest absolute Gasteiger partial charge is 0.467 e. The van der Waals surface area contributed by atoms with Crippen LogP contribution in [0.4, 0.5) is 0 Å². The number of hydrogen-bond donors (Lipinski definition) is 2. The number of carbonyl (C=O) groups excluding carboxylic acids is 2. The molecule has 3 N–H and O–H groups in total. The molecule has 3 fully saturated rings. The van der Waals surface area contributed by atoms with E-state index in [9.17, 15) is 9.59 Å². The first-order valence-electron chi connectivity index (χ1n) is 9.22. The number of fused-ring (bicyclic) bond motifs is 2. The van der Waals surface area contributed by atoms with Crippen molar-refractivity contribution in [1.82, 2.24) is 5.32 Å². The fourth-order valence-corrected chi connectivity index (χ4v) is 5.07. The Kier molecular flexibility index (Phi) is 4.95. The summed E-state index contributed by atoms with van der Waals surface area (Å²) >= 11 is 0. The van der Waals surface area contributed by atoms with E-state index in [2.05, 4.69) is 5.32 Å². The maximum absolute atomic E-state index is 12.9. The van der Waals surface area contributed by atoms with Crippen molar-refractivity contribution >= 4 is 11.9 Å². The first-order chi connectivity index (χ1) is 11.1. The van der Waals surface area contributed by atoms with E-state index in [-0.39, 0.29) is 23.8 Å². The maximum atomic E-state index is 12.9. The second-order valence-electron chi connectivity index (χ2n) is 7.82. The maximum Gasteiger partial charge on any atom is 0.331 e. The quantitative estimate of drug-likeness (QED) is 0.780. The predicted molar refractivity (Wildman–Crippen MR) is 87.5 cm³/mol. The average Bonchev–Trinajstić information content (AvgIpc) is 2.54. The van der Waals surface area contributed by atoms with Gasteiger partial charge in [0, 0.05) is 12.0 Å². The summed E-state index contributed by atoms with van der Waals surface area (Å²) < 4.78 is 5.00. The van der Waals surface area contributed by atoms with Crippen molar-refractivity contribution in [3.05, 3.63) is 0 Å². The third kappa shape index (κ3) is 3.25. The molecule has 3 aliphatic carbocycles. The molecule has 2 atom stereocenters. The van der Waals surface area contributed by atoms with Gasteiger partial charge in [-0.1, -0.05) is 25.7 Å². The van der Waals surface area contributed by atoms with Gasteiger partial charge in [0.25, 0.3) is 0 Å². The number of esters is 1. The van der Waals surface area contributed by atoms with Crippen LogP contribution in [0.5, 0.6) is 0 Å². The molecule has 0 spiro atoms. The summed E-state index contributed by atoms with van der Waals surface area (Å²) in [6.45, 7) is 0. The standard InChI is InChI=1S/C18H30N2O3/c1-23-17(22)18(8-3-2-4-9-18)20-16(21)14-10-12-6-5-7-13(11-14)15(12)19/h12-15H,2-11,19H2,1H3,(H,20,21). The highest BCUT2D eigenvalue weighted by molar-refractivity contribution is 5.89. The van der Waals surface area contributed by atoms with Crippen LogP contribution < -0.4 is 11.1 Å². The highest BCUT2D eigenvalue weighted by Gasteiger charge is 2.45. The van der Waals surface area contributed by atoms with Crippen LogP contribution >= 0.6 is 0 Å². The third-order valence-electron chi connectivity index (χ3n) is 6.43. The number of carbonyl (C=O) groups is 2. The van der Waals surface area contributed by atoms with E-state index >= 15 is 0 Å². The number of hydrogen-bond acceptors (Lipinski definition) is 4. The molecule has 3 saturated carbocycles. The zero-order valence-electron chi connectivity index (χ0n) is 14.2. The van der Waals surface area contributed by atoms with Gasteiger partial charge in [-0.3, -0.25) is 4.79 Å². The van der Waals surface area contributed by atoms with Crippen molar-refractivity contribution in [2.45, 2.75) is 75.8 Å². The Hall–Kier alpha value is -1.10. The van der Waals surface area contributed by atoms with Crippen LogP contribution in [0.15, 0.2) is 0 Å². The van der Waals surface area contributed by atoms with E-state index in [0.717, 1.165) is 44.9 Å². The summed E-state index contributed by atoms with van der Waals surface area (Å²) in [6.07, 6.45) is 9.73. The van der Waals surface area contributed by atoms with Gasteiger partial charge in [0.2, 0.25) is 5.91 Å². The van der Waals surface area contributed by atoms with Crippen LogP contribution in [0, 0.1) is 17.8 Å². The molecule has 0 heterocycles. The molecular formula is C18H30N2O3. The Morgan fingerprint density at radius 3 is 2.22 bits per heavy atom. The minimum Gasteiger partial charge on any atom is -0.467 e. The molecule has 0 aromatic rings. The van der Waals surface area contributed by atoms with Crippen molar-refractivity contribution in [1.29, 1.82) is 0 Å². The second-order valence-corrected chi connectivity index (χ2v) is 7.82. The number of nitrogens with one attached hydrogen (secondary N) is 1. The zero-order chi connectivity index (χ0) is 16.4. The number of methoxy groups -OCH3 is 1. The molecular weight excluding hydrogens is 292 g/mol. The Morgan fingerprint density at radius 1 is 1.04 bits per heavy atom. The molecule has 2 bridgehead atoms. The van der Waals surface area contributed by atoms with Crippen LogP contribution in [-0.2, 0) is 14.3 Å². The summed E-state index contributed by atoms with van der Waals surface area (Å²) in [6, 6.07) is 0.261. The molecule has 23 heavy (non-hydrogen) atoms. The normalized spacial score (nSPS) is 36.1. The summed E-state index contributed by atoms with van der Waals surface area (Å²) in [7, 11) is 1.41. The van der Waals surface area contributed by atoms with Crippen LogP contribution in [0.2, 0.25) is 0 Å². The van der Waals surface area contributed by atoms with E-state index in [1.165, 1.54) is 13.5 Å². The molecule has 0 saturated heterocycles. The average molecular weight is 322 g/mol. The molecule has 5 nitrogen and oxygen atoms in total. The minimum absolute atomic E-state index is 0.00792. The number of nitrogens with two attached hydrogens (primary N) is 1. The first kappa shape index (κ1) is 16.7. The lowest BCUT2D eigenvalue weighted by atomic mass is 9.64. The molecule has 3 rings (SSSR count). The van der Waals surface area contributed by atoms with E-state index in [4.69, 9.17) is 10.5 Å². The van der Waals surface area contributed by atoms with Gasteiger partial charge in [-0.25, -0.2) is 4.79 Å². The topological polar surface area (TPSA) is 81.4 Å². The lowest BCUT2D eigenvalue weighted by Crippen LogP contribution is -2.58. The SMILES string of the molecule is COC(=O)C1(NC(=O)C2CC3CCCC(C2)C3N)CCCCC1. The smallest absolute Gasteiger partial charge is 0.331 e. The molecule has 130 valence electrons. The lowest BCUT2D eigenvalue weighted by molar-refractivity contribution is -0.153. The molecule has 0 aromatic carbocycles. The molecule has 5 heteroatoms. The first-order valence-corrected chi connectivity index (χ1v) is 9.22. The van der Waals surface area contributed by atoms with Crippen molar-refractivity contribution in [3.8, 4) is 0 Å². The molecule has 0 aliphatic heterocycles. The second kappa shape index (κ2) is 6.80. The van der Waals surface area contributed by atoms with Gasteiger partial charge in [-0.15, -0.1) is 0 Å². The van der Waals surface area contributed by atoms with Gasteiger partial charge in [0.1, 0.15) is 5.54 Å². The van der Waals surface area contributed by atoms with Crippen LogP contribution in [0.25, 0.3) is 0 Å². The summed E-state index contributed by atoms with van der Waals surface area (Å²) in [5.74, 6) is 0.713. The third-order valence-corrected chi connectivity index (χ3v) is 6.43. The van der Waals surface area contributed by atoms with Crippen LogP contribution in [-0.4, -0.2) is 30.6 Å². The number of ether oxygens (including phenoxy) is 1. The molecule has 0 aromatic heterocycles. The summed E-state index contributed by atoms with van der Waals surface area (Å²) in [5, 5.41) is 3.10. The summed E-state index contributed by atoms with van der Waals surface area (Å²) in [5.41, 5.74) is 5.53. The van der Waals surface area contributed by atoms with Gasteiger partial charge in [-0.2, -0.15) is 0 Å².